The number of halogens is 3. The summed E-state index contributed by atoms with van der Waals surface area (Å²) in [6.07, 6.45) is 1.44. The molecule has 0 heterocycles. The SMILES string of the molecule is C=CCNS(=O)(=O)c1ccc(NC(=O)COc2c(Cl)cc(Cl)cc2Br)cc1. The monoisotopic (exact) mass is 492 g/mol. The molecule has 0 fully saturated rings. The molecule has 0 aliphatic rings. The lowest BCUT2D eigenvalue weighted by Crippen LogP contribution is -2.23. The Kier molecular flexibility index (Phi) is 7.69. The predicted molar refractivity (Wildman–Crippen MR) is 110 cm³/mol. The number of benzene rings is 2. The molecule has 0 aliphatic heterocycles. The van der Waals surface area contributed by atoms with Gasteiger partial charge in [0.1, 0.15) is 0 Å². The van der Waals surface area contributed by atoms with Crippen molar-refractivity contribution in [1.82, 2.24) is 4.72 Å². The topological polar surface area (TPSA) is 84.5 Å². The van der Waals surface area contributed by atoms with Crippen LogP contribution in [0.3, 0.4) is 0 Å². The van der Waals surface area contributed by atoms with Crippen LogP contribution in [0.4, 0.5) is 5.69 Å². The van der Waals surface area contributed by atoms with E-state index < -0.39 is 15.9 Å². The van der Waals surface area contributed by atoms with E-state index in [2.05, 4.69) is 32.5 Å². The zero-order valence-corrected chi connectivity index (χ0v) is 17.8. The number of hydrogen-bond donors (Lipinski definition) is 2. The highest BCUT2D eigenvalue weighted by Gasteiger charge is 2.14. The van der Waals surface area contributed by atoms with E-state index in [0.717, 1.165) is 0 Å². The summed E-state index contributed by atoms with van der Waals surface area (Å²) in [6.45, 7) is 3.29. The van der Waals surface area contributed by atoms with Gasteiger partial charge in [0.15, 0.2) is 12.4 Å². The maximum absolute atomic E-state index is 12.0. The van der Waals surface area contributed by atoms with E-state index in [1.807, 2.05) is 0 Å². The minimum atomic E-state index is -3.62. The van der Waals surface area contributed by atoms with E-state index in [4.69, 9.17) is 27.9 Å². The molecule has 0 saturated carbocycles. The second kappa shape index (κ2) is 9.57. The average Bonchev–Trinajstić information content (AvgIpc) is 2.59. The Balaban J connectivity index is 1.97. The molecule has 1 amide bonds. The van der Waals surface area contributed by atoms with Gasteiger partial charge in [0, 0.05) is 17.3 Å². The first-order chi connectivity index (χ1) is 12.7. The van der Waals surface area contributed by atoms with Crippen LogP contribution in [0, 0.1) is 0 Å². The van der Waals surface area contributed by atoms with E-state index in [1.165, 1.54) is 36.4 Å². The van der Waals surface area contributed by atoms with Gasteiger partial charge in [-0.2, -0.15) is 0 Å². The standard InChI is InChI=1S/C17H15BrCl2N2O4S/c1-2-7-21-27(24,25)13-5-3-12(4-6-13)22-16(23)10-26-17-14(18)8-11(19)9-15(17)20/h2-6,8-9,21H,1,7,10H2,(H,22,23). The van der Waals surface area contributed by atoms with Gasteiger partial charge in [-0.3, -0.25) is 4.79 Å². The van der Waals surface area contributed by atoms with Crippen LogP contribution in [-0.4, -0.2) is 27.5 Å². The van der Waals surface area contributed by atoms with Gasteiger partial charge in [0.2, 0.25) is 10.0 Å². The number of amides is 1. The van der Waals surface area contributed by atoms with Gasteiger partial charge in [0.05, 0.1) is 14.4 Å². The van der Waals surface area contributed by atoms with Crippen molar-refractivity contribution in [3.05, 3.63) is 63.6 Å². The molecule has 0 aromatic heterocycles. The molecule has 2 aromatic carbocycles. The number of hydrogen-bond acceptors (Lipinski definition) is 4. The lowest BCUT2D eigenvalue weighted by Gasteiger charge is -2.11. The third kappa shape index (κ3) is 6.22. The summed E-state index contributed by atoms with van der Waals surface area (Å²) in [5.74, 6) is -0.140. The highest BCUT2D eigenvalue weighted by atomic mass is 79.9. The van der Waals surface area contributed by atoms with E-state index in [0.29, 0.717) is 20.9 Å². The van der Waals surface area contributed by atoms with E-state index >= 15 is 0 Å². The van der Waals surface area contributed by atoms with Crippen LogP contribution in [-0.2, 0) is 14.8 Å². The first-order valence-electron chi connectivity index (χ1n) is 7.51. The lowest BCUT2D eigenvalue weighted by atomic mass is 10.3. The van der Waals surface area contributed by atoms with Gasteiger partial charge >= 0.3 is 0 Å². The van der Waals surface area contributed by atoms with Crippen LogP contribution in [0.1, 0.15) is 0 Å². The zero-order valence-electron chi connectivity index (χ0n) is 13.8. The zero-order chi connectivity index (χ0) is 20.0. The van der Waals surface area contributed by atoms with Gasteiger partial charge in [-0.1, -0.05) is 29.3 Å². The largest absolute Gasteiger partial charge is 0.481 e. The van der Waals surface area contributed by atoms with Crippen LogP contribution < -0.4 is 14.8 Å². The number of ether oxygens (including phenoxy) is 1. The number of carbonyl (C=O) groups excluding carboxylic acids is 1. The second-order valence-electron chi connectivity index (χ2n) is 5.20. The van der Waals surface area contributed by atoms with Gasteiger partial charge < -0.3 is 10.1 Å². The van der Waals surface area contributed by atoms with Crippen molar-refractivity contribution >= 4 is 60.7 Å². The molecule has 2 rings (SSSR count). The maximum Gasteiger partial charge on any atom is 0.262 e. The molecular weight excluding hydrogens is 479 g/mol. The van der Waals surface area contributed by atoms with E-state index in [-0.39, 0.29) is 23.1 Å². The molecule has 0 atom stereocenters. The summed E-state index contributed by atoms with van der Waals surface area (Å²) in [5.41, 5.74) is 0.424. The maximum atomic E-state index is 12.0. The van der Waals surface area contributed by atoms with Crippen LogP contribution in [0.15, 0.2) is 58.4 Å². The third-order valence-electron chi connectivity index (χ3n) is 3.18. The van der Waals surface area contributed by atoms with Crippen LogP contribution >= 0.6 is 39.1 Å². The number of rotatable bonds is 8. The Labute approximate surface area is 175 Å². The van der Waals surface area contributed by atoms with Crippen LogP contribution in [0.5, 0.6) is 5.75 Å². The highest BCUT2D eigenvalue weighted by Crippen LogP contribution is 2.36. The average molecular weight is 494 g/mol. The summed E-state index contributed by atoms with van der Waals surface area (Å²) < 4.78 is 32.3. The van der Waals surface area contributed by atoms with Crippen molar-refractivity contribution in [3.63, 3.8) is 0 Å². The summed E-state index contributed by atoms with van der Waals surface area (Å²) in [7, 11) is -3.62. The van der Waals surface area contributed by atoms with Gasteiger partial charge in [-0.05, 0) is 52.3 Å². The molecule has 0 saturated heterocycles. The summed E-state index contributed by atoms with van der Waals surface area (Å²) in [6, 6.07) is 8.82. The number of anilines is 1. The molecule has 6 nitrogen and oxygen atoms in total. The Hall–Kier alpha value is -1.58. The number of sulfonamides is 1. The van der Waals surface area contributed by atoms with Crippen LogP contribution in [0.2, 0.25) is 10.0 Å². The molecule has 0 radical (unpaired) electrons. The van der Waals surface area contributed by atoms with Crippen molar-refractivity contribution in [2.75, 3.05) is 18.5 Å². The number of carbonyl (C=O) groups is 1. The quantitative estimate of drug-likeness (QED) is 0.538. The van der Waals surface area contributed by atoms with Gasteiger partial charge in [-0.15, -0.1) is 6.58 Å². The first kappa shape index (κ1) is 21.7. The molecule has 0 spiro atoms. The Bertz CT molecular complexity index is 927. The normalized spacial score (nSPS) is 11.1. The van der Waals surface area contributed by atoms with Crippen molar-refractivity contribution in [2.24, 2.45) is 0 Å². The summed E-state index contributed by atoms with van der Waals surface area (Å²) >= 11 is 15.2. The molecule has 0 unspecified atom stereocenters. The van der Waals surface area contributed by atoms with Gasteiger partial charge in [0.25, 0.3) is 5.91 Å². The first-order valence-corrected chi connectivity index (χ1v) is 10.5. The van der Waals surface area contributed by atoms with Gasteiger partial charge in [-0.25, -0.2) is 13.1 Å². The predicted octanol–water partition coefficient (Wildman–Crippen LogP) is 4.24. The number of nitrogens with one attached hydrogen (secondary N) is 2. The van der Waals surface area contributed by atoms with Crippen LogP contribution in [0.25, 0.3) is 0 Å². The third-order valence-corrected chi connectivity index (χ3v) is 5.70. The van der Waals surface area contributed by atoms with Crippen molar-refractivity contribution in [3.8, 4) is 5.75 Å². The fourth-order valence-corrected chi connectivity index (χ4v) is 4.34. The minimum absolute atomic E-state index is 0.0791. The second-order valence-corrected chi connectivity index (χ2v) is 8.67. The molecule has 0 aliphatic carbocycles. The van der Waals surface area contributed by atoms with Crippen molar-refractivity contribution in [1.29, 1.82) is 0 Å². The fraction of sp³-hybridized carbons (Fsp3) is 0.118. The smallest absolute Gasteiger partial charge is 0.262 e. The van der Waals surface area contributed by atoms with Crippen molar-refractivity contribution in [2.45, 2.75) is 4.90 Å². The van der Waals surface area contributed by atoms with Crippen molar-refractivity contribution < 1.29 is 17.9 Å². The summed E-state index contributed by atoms with van der Waals surface area (Å²) in [5, 5.41) is 3.30. The Morgan fingerprint density at radius 2 is 1.89 bits per heavy atom. The fourth-order valence-electron chi connectivity index (χ4n) is 1.97. The molecule has 2 N–H and O–H groups in total. The molecule has 0 bridgehead atoms. The minimum Gasteiger partial charge on any atom is -0.481 e. The summed E-state index contributed by atoms with van der Waals surface area (Å²) in [4.78, 5) is 12.1. The molecule has 10 heteroatoms. The van der Waals surface area contributed by atoms with E-state index in [1.54, 1.807) is 6.07 Å². The Morgan fingerprint density at radius 1 is 1.22 bits per heavy atom. The van der Waals surface area contributed by atoms with E-state index in [9.17, 15) is 13.2 Å². The molecule has 2 aromatic rings. The lowest BCUT2D eigenvalue weighted by molar-refractivity contribution is -0.118. The molecule has 27 heavy (non-hydrogen) atoms. The Morgan fingerprint density at radius 3 is 2.48 bits per heavy atom. The molecule has 144 valence electrons. The molecular formula is C17H15BrCl2N2O4S. The highest BCUT2D eigenvalue weighted by molar-refractivity contribution is 9.10.